The number of fused-ring (bicyclic) bond motifs is 2. The molecule has 2 atom stereocenters. The zero-order valence-electron chi connectivity index (χ0n) is 15.8. The van der Waals surface area contributed by atoms with E-state index >= 15 is 0 Å². The fourth-order valence-electron chi connectivity index (χ4n) is 5.23. The van der Waals surface area contributed by atoms with E-state index in [-0.39, 0.29) is 0 Å². The van der Waals surface area contributed by atoms with Crippen molar-refractivity contribution in [2.45, 2.75) is 43.5 Å². The molecule has 142 valence electrons. The highest BCUT2D eigenvalue weighted by molar-refractivity contribution is 7.89. The van der Waals surface area contributed by atoms with Crippen molar-refractivity contribution < 1.29 is 8.42 Å². The number of aryl methyl sites for hydroxylation is 1. The standard InChI is InChI=1S/C22H26N2O2S/c1-16-8-10-19(11-9-16)27(25,26)24-13-12-23-14-17-4-2-6-20(17)21-7-3-5-18(15-24)22(21)23/h3,5,7-11,17,20H,2,4,6,12-15H2,1H3/t17-,20-/m0/s1. The Morgan fingerprint density at radius 2 is 1.81 bits per heavy atom. The van der Waals surface area contributed by atoms with Crippen LogP contribution in [0.5, 0.6) is 0 Å². The van der Waals surface area contributed by atoms with Crippen LogP contribution < -0.4 is 4.90 Å². The molecule has 4 nitrogen and oxygen atoms in total. The molecule has 2 heterocycles. The summed E-state index contributed by atoms with van der Waals surface area (Å²) >= 11 is 0. The maximum Gasteiger partial charge on any atom is 0.243 e. The van der Waals surface area contributed by atoms with Gasteiger partial charge in [-0.2, -0.15) is 4.31 Å². The third kappa shape index (κ3) is 2.79. The Hall–Kier alpha value is -1.85. The van der Waals surface area contributed by atoms with Crippen LogP contribution >= 0.6 is 0 Å². The van der Waals surface area contributed by atoms with Crippen LogP contribution in [0, 0.1) is 12.8 Å². The van der Waals surface area contributed by atoms with Crippen LogP contribution in [0.2, 0.25) is 0 Å². The fraction of sp³-hybridized carbons (Fsp3) is 0.455. The first kappa shape index (κ1) is 17.3. The molecule has 0 N–H and O–H groups in total. The largest absolute Gasteiger partial charge is 0.369 e. The second-order valence-corrected chi connectivity index (χ2v) is 10.2. The Kier molecular flexibility index (Phi) is 4.06. The van der Waals surface area contributed by atoms with E-state index in [2.05, 4.69) is 23.1 Å². The predicted molar refractivity (Wildman–Crippen MR) is 108 cm³/mol. The van der Waals surface area contributed by atoms with Gasteiger partial charge in [0, 0.05) is 31.9 Å². The van der Waals surface area contributed by atoms with Gasteiger partial charge in [-0.1, -0.05) is 42.3 Å². The number of para-hydroxylation sites is 1. The van der Waals surface area contributed by atoms with Gasteiger partial charge in [-0.25, -0.2) is 8.42 Å². The third-order valence-electron chi connectivity index (χ3n) is 6.61. The minimum atomic E-state index is -3.48. The third-order valence-corrected chi connectivity index (χ3v) is 8.46. The van der Waals surface area contributed by atoms with Gasteiger partial charge in [0.1, 0.15) is 0 Å². The van der Waals surface area contributed by atoms with Crippen molar-refractivity contribution in [2.24, 2.45) is 5.92 Å². The number of rotatable bonds is 2. The monoisotopic (exact) mass is 382 g/mol. The Morgan fingerprint density at radius 1 is 1.00 bits per heavy atom. The van der Waals surface area contributed by atoms with Gasteiger partial charge in [-0.05, 0) is 54.9 Å². The highest BCUT2D eigenvalue weighted by Crippen LogP contribution is 2.49. The molecular weight excluding hydrogens is 356 g/mol. The summed E-state index contributed by atoms with van der Waals surface area (Å²) in [5, 5.41) is 0. The van der Waals surface area contributed by atoms with Crippen LogP contribution in [0.15, 0.2) is 47.4 Å². The van der Waals surface area contributed by atoms with Gasteiger partial charge in [0.15, 0.2) is 0 Å². The molecule has 2 aromatic carbocycles. The molecule has 5 rings (SSSR count). The lowest BCUT2D eigenvalue weighted by atomic mass is 9.82. The molecule has 1 fully saturated rings. The molecule has 3 aliphatic rings. The molecule has 2 aliphatic heterocycles. The van der Waals surface area contributed by atoms with Gasteiger partial charge >= 0.3 is 0 Å². The Bertz CT molecular complexity index is 968. The Balaban J connectivity index is 1.53. The number of sulfonamides is 1. The molecule has 2 aromatic rings. The van der Waals surface area contributed by atoms with E-state index in [1.165, 1.54) is 30.5 Å². The lowest BCUT2D eigenvalue weighted by molar-refractivity contribution is 0.409. The highest BCUT2D eigenvalue weighted by Gasteiger charge is 2.39. The van der Waals surface area contributed by atoms with Gasteiger partial charge in [0.2, 0.25) is 10.0 Å². The molecule has 1 aliphatic carbocycles. The zero-order chi connectivity index (χ0) is 18.6. The van der Waals surface area contributed by atoms with Crippen LogP contribution in [0.1, 0.15) is 41.9 Å². The number of nitrogens with zero attached hydrogens (tertiary/aromatic N) is 2. The molecule has 0 aromatic heterocycles. The molecule has 0 spiro atoms. The maximum atomic E-state index is 13.3. The summed E-state index contributed by atoms with van der Waals surface area (Å²) in [4.78, 5) is 2.85. The van der Waals surface area contributed by atoms with E-state index in [1.54, 1.807) is 16.4 Å². The van der Waals surface area contributed by atoms with Crippen molar-refractivity contribution >= 4 is 15.7 Å². The van der Waals surface area contributed by atoms with E-state index in [0.29, 0.717) is 23.9 Å². The van der Waals surface area contributed by atoms with Gasteiger partial charge < -0.3 is 4.90 Å². The average Bonchev–Trinajstić information content (AvgIpc) is 3.05. The lowest BCUT2D eigenvalue weighted by Gasteiger charge is -2.38. The van der Waals surface area contributed by atoms with E-state index in [1.807, 2.05) is 19.1 Å². The molecule has 0 unspecified atom stereocenters. The van der Waals surface area contributed by atoms with Gasteiger partial charge in [0.25, 0.3) is 0 Å². The van der Waals surface area contributed by atoms with Crippen molar-refractivity contribution in [1.82, 2.24) is 4.31 Å². The lowest BCUT2D eigenvalue weighted by Crippen LogP contribution is -2.39. The fourth-order valence-corrected chi connectivity index (χ4v) is 6.64. The molecule has 0 amide bonds. The summed E-state index contributed by atoms with van der Waals surface area (Å²) in [7, 11) is -3.48. The predicted octanol–water partition coefficient (Wildman–Crippen LogP) is 3.90. The van der Waals surface area contributed by atoms with E-state index in [9.17, 15) is 8.42 Å². The van der Waals surface area contributed by atoms with E-state index < -0.39 is 10.0 Å². The summed E-state index contributed by atoms with van der Waals surface area (Å²) in [6, 6.07) is 13.7. The van der Waals surface area contributed by atoms with E-state index in [4.69, 9.17) is 0 Å². The second kappa shape index (κ2) is 6.35. The number of hydrogen-bond acceptors (Lipinski definition) is 3. The Labute approximate surface area is 161 Å². The van der Waals surface area contributed by atoms with Gasteiger partial charge in [-0.15, -0.1) is 0 Å². The second-order valence-electron chi connectivity index (χ2n) is 8.25. The quantitative estimate of drug-likeness (QED) is 0.791. The topological polar surface area (TPSA) is 40.6 Å². The van der Waals surface area contributed by atoms with Crippen molar-refractivity contribution in [3.05, 3.63) is 59.2 Å². The average molecular weight is 383 g/mol. The van der Waals surface area contributed by atoms with Crippen molar-refractivity contribution in [3.63, 3.8) is 0 Å². The maximum absolute atomic E-state index is 13.3. The molecule has 1 saturated carbocycles. The molecule has 5 heteroatoms. The van der Waals surface area contributed by atoms with E-state index in [0.717, 1.165) is 30.1 Å². The summed E-state index contributed by atoms with van der Waals surface area (Å²) in [6.07, 6.45) is 3.90. The SMILES string of the molecule is Cc1ccc(S(=O)(=O)N2CCN3C[C@@H]4CCC[C@@H]4c4cccc(c43)C2)cc1. The molecule has 27 heavy (non-hydrogen) atoms. The molecule has 0 bridgehead atoms. The van der Waals surface area contributed by atoms with Crippen molar-refractivity contribution in [1.29, 1.82) is 0 Å². The minimum Gasteiger partial charge on any atom is -0.369 e. The van der Waals surface area contributed by atoms with Gasteiger partial charge in [0.05, 0.1) is 4.90 Å². The van der Waals surface area contributed by atoms with Crippen LogP contribution in [-0.2, 0) is 16.6 Å². The van der Waals surface area contributed by atoms with Crippen molar-refractivity contribution in [3.8, 4) is 0 Å². The summed E-state index contributed by atoms with van der Waals surface area (Å²) < 4.78 is 28.2. The first-order valence-electron chi connectivity index (χ1n) is 9.97. The first-order valence-corrected chi connectivity index (χ1v) is 11.4. The minimum absolute atomic E-state index is 0.394. The summed E-state index contributed by atoms with van der Waals surface area (Å²) in [5.74, 6) is 1.39. The molecule has 0 saturated heterocycles. The zero-order valence-corrected chi connectivity index (χ0v) is 16.6. The van der Waals surface area contributed by atoms with Crippen LogP contribution in [-0.4, -0.2) is 32.4 Å². The van der Waals surface area contributed by atoms with Gasteiger partial charge in [-0.3, -0.25) is 0 Å². The number of hydrogen-bond donors (Lipinski definition) is 0. The normalized spacial score (nSPS) is 25.0. The van der Waals surface area contributed by atoms with Crippen molar-refractivity contribution in [2.75, 3.05) is 24.5 Å². The van der Waals surface area contributed by atoms with Crippen LogP contribution in [0.25, 0.3) is 0 Å². The summed E-state index contributed by atoms with van der Waals surface area (Å²) in [6.45, 7) is 4.84. The molecular formula is C22H26N2O2S. The van der Waals surface area contributed by atoms with Crippen LogP contribution in [0.3, 0.4) is 0 Å². The first-order chi connectivity index (χ1) is 13.0. The smallest absolute Gasteiger partial charge is 0.243 e. The summed E-state index contributed by atoms with van der Waals surface area (Å²) in [5.41, 5.74) is 5.01. The Morgan fingerprint density at radius 3 is 2.63 bits per heavy atom. The number of anilines is 1. The van der Waals surface area contributed by atoms with Crippen LogP contribution in [0.4, 0.5) is 5.69 Å². The number of benzene rings is 2. The highest BCUT2D eigenvalue weighted by atomic mass is 32.2. The molecule has 0 radical (unpaired) electrons.